The van der Waals surface area contributed by atoms with Crippen LogP contribution in [0, 0.1) is 6.92 Å². The molecule has 29 heavy (non-hydrogen) atoms. The van der Waals surface area contributed by atoms with E-state index in [0.717, 1.165) is 5.56 Å². The summed E-state index contributed by atoms with van der Waals surface area (Å²) in [6.07, 6.45) is 1.53. The summed E-state index contributed by atoms with van der Waals surface area (Å²) >= 11 is 0. The van der Waals surface area contributed by atoms with Gasteiger partial charge in [-0.25, -0.2) is 0 Å². The van der Waals surface area contributed by atoms with Gasteiger partial charge in [0.1, 0.15) is 11.3 Å². The first-order valence-corrected chi connectivity index (χ1v) is 9.16. The Morgan fingerprint density at radius 2 is 1.83 bits per heavy atom. The van der Waals surface area contributed by atoms with Gasteiger partial charge in [0.25, 0.3) is 5.91 Å². The Morgan fingerprint density at radius 3 is 2.59 bits per heavy atom. The number of rotatable bonds is 6. The van der Waals surface area contributed by atoms with Crippen molar-refractivity contribution in [2.45, 2.75) is 13.5 Å². The third kappa shape index (κ3) is 4.06. The number of furan rings is 1. The SMILES string of the molecule is Cc1ccc(-c2oc3ccccc3c(=O)c2OCC(=O)NCc2ccco2)cc1. The van der Waals surface area contributed by atoms with Crippen molar-refractivity contribution < 1.29 is 18.4 Å². The first-order valence-electron chi connectivity index (χ1n) is 9.16. The molecule has 6 nitrogen and oxygen atoms in total. The fourth-order valence-electron chi connectivity index (χ4n) is 2.94. The van der Waals surface area contributed by atoms with Gasteiger partial charge in [-0.2, -0.15) is 0 Å². The fourth-order valence-corrected chi connectivity index (χ4v) is 2.94. The summed E-state index contributed by atoms with van der Waals surface area (Å²) in [5, 5.41) is 3.09. The number of fused-ring (bicyclic) bond motifs is 1. The number of benzene rings is 2. The van der Waals surface area contributed by atoms with E-state index >= 15 is 0 Å². The summed E-state index contributed by atoms with van der Waals surface area (Å²) in [6.45, 7) is 1.90. The van der Waals surface area contributed by atoms with Crippen molar-refractivity contribution in [2.75, 3.05) is 6.61 Å². The third-order valence-electron chi connectivity index (χ3n) is 4.46. The Kier molecular flexibility index (Phi) is 5.16. The van der Waals surface area contributed by atoms with Crippen LogP contribution in [-0.2, 0) is 11.3 Å². The zero-order valence-corrected chi connectivity index (χ0v) is 15.8. The molecular formula is C23H19NO5. The predicted molar refractivity (Wildman–Crippen MR) is 109 cm³/mol. The summed E-state index contributed by atoms with van der Waals surface area (Å²) in [7, 11) is 0. The molecule has 2 heterocycles. The van der Waals surface area contributed by atoms with Gasteiger partial charge in [-0.05, 0) is 31.2 Å². The molecule has 0 saturated carbocycles. The van der Waals surface area contributed by atoms with Crippen molar-refractivity contribution in [3.8, 4) is 17.1 Å². The molecule has 1 amide bonds. The molecule has 0 fully saturated rings. The lowest BCUT2D eigenvalue weighted by atomic mass is 10.1. The number of hydrogen-bond acceptors (Lipinski definition) is 5. The Hall–Kier alpha value is -3.80. The Balaban J connectivity index is 1.63. The number of hydrogen-bond donors (Lipinski definition) is 1. The van der Waals surface area contributed by atoms with Gasteiger partial charge in [0.15, 0.2) is 12.4 Å². The normalized spacial score (nSPS) is 10.8. The van der Waals surface area contributed by atoms with E-state index in [0.29, 0.717) is 28.1 Å². The van der Waals surface area contributed by atoms with Crippen molar-refractivity contribution in [1.29, 1.82) is 0 Å². The average Bonchev–Trinajstić information content (AvgIpc) is 3.26. The molecule has 0 aliphatic carbocycles. The maximum absolute atomic E-state index is 13.0. The van der Waals surface area contributed by atoms with Crippen molar-refractivity contribution in [3.05, 3.63) is 88.5 Å². The Bertz CT molecular complexity index is 1190. The predicted octanol–water partition coefficient (Wildman–Crippen LogP) is 4.06. The highest BCUT2D eigenvalue weighted by atomic mass is 16.5. The van der Waals surface area contributed by atoms with Gasteiger partial charge in [-0.1, -0.05) is 42.0 Å². The lowest BCUT2D eigenvalue weighted by molar-refractivity contribution is -0.123. The van der Waals surface area contributed by atoms with Crippen LogP contribution >= 0.6 is 0 Å². The fraction of sp³-hybridized carbons (Fsp3) is 0.130. The second-order valence-electron chi connectivity index (χ2n) is 6.60. The second-order valence-corrected chi connectivity index (χ2v) is 6.60. The molecule has 2 aromatic carbocycles. The molecule has 0 saturated heterocycles. The number of carbonyl (C=O) groups is 1. The molecule has 2 aromatic heterocycles. The van der Waals surface area contributed by atoms with E-state index in [-0.39, 0.29) is 30.2 Å². The molecule has 0 unspecified atom stereocenters. The number of amides is 1. The van der Waals surface area contributed by atoms with Crippen molar-refractivity contribution in [3.63, 3.8) is 0 Å². The van der Waals surface area contributed by atoms with Gasteiger partial charge >= 0.3 is 0 Å². The van der Waals surface area contributed by atoms with Gasteiger partial charge in [-0.15, -0.1) is 0 Å². The largest absolute Gasteiger partial charge is 0.476 e. The first-order chi connectivity index (χ1) is 14.1. The van der Waals surface area contributed by atoms with Crippen molar-refractivity contribution >= 4 is 16.9 Å². The maximum atomic E-state index is 13.0. The molecule has 0 bridgehead atoms. The van der Waals surface area contributed by atoms with Crippen LogP contribution in [0.1, 0.15) is 11.3 Å². The monoisotopic (exact) mass is 389 g/mol. The molecule has 4 rings (SSSR count). The van der Waals surface area contributed by atoms with E-state index in [1.807, 2.05) is 31.2 Å². The summed E-state index contributed by atoms with van der Waals surface area (Å²) < 4.78 is 16.8. The van der Waals surface area contributed by atoms with Crippen LogP contribution in [-0.4, -0.2) is 12.5 Å². The van der Waals surface area contributed by atoms with Gasteiger partial charge in [0.05, 0.1) is 18.2 Å². The molecule has 1 N–H and O–H groups in total. The number of aryl methyl sites for hydroxylation is 1. The summed E-state index contributed by atoms with van der Waals surface area (Å²) in [5.74, 6) is 0.570. The van der Waals surface area contributed by atoms with Crippen molar-refractivity contribution in [2.24, 2.45) is 0 Å². The summed E-state index contributed by atoms with van der Waals surface area (Å²) in [5.41, 5.74) is 1.92. The highest BCUT2D eigenvalue weighted by Crippen LogP contribution is 2.31. The molecule has 0 radical (unpaired) electrons. The van der Waals surface area contributed by atoms with Crippen LogP contribution in [0.25, 0.3) is 22.3 Å². The Labute approximate surface area is 166 Å². The molecular weight excluding hydrogens is 370 g/mol. The summed E-state index contributed by atoms with van der Waals surface area (Å²) in [6, 6.07) is 18.0. The van der Waals surface area contributed by atoms with E-state index < -0.39 is 0 Å². The van der Waals surface area contributed by atoms with Gasteiger partial charge in [-0.3, -0.25) is 9.59 Å². The van der Waals surface area contributed by atoms with Gasteiger partial charge in [0, 0.05) is 5.56 Å². The van der Waals surface area contributed by atoms with Gasteiger partial charge < -0.3 is 18.9 Å². The second kappa shape index (κ2) is 8.06. The minimum absolute atomic E-state index is 0.0145. The quantitative estimate of drug-likeness (QED) is 0.538. The zero-order valence-electron chi connectivity index (χ0n) is 15.8. The van der Waals surface area contributed by atoms with E-state index in [2.05, 4.69) is 5.32 Å². The van der Waals surface area contributed by atoms with Crippen LogP contribution in [0.3, 0.4) is 0 Å². The van der Waals surface area contributed by atoms with E-state index in [1.54, 1.807) is 36.4 Å². The number of para-hydroxylation sites is 1. The lowest BCUT2D eigenvalue weighted by Gasteiger charge is -2.12. The molecule has 146 valence electrons. The molecule has 0 atom stereocenters. The smallest absolute Gasteiger partial charge is 0.258 e. The lowest BCUT2D eigenvalue weighted by Crippen LogP contribution is -2.29. The van der Waals surface area contributed by atoms with Crippen LogP contribution in [0.15, 0.2) is 80.6 Å². The van der Waals surface area contributed by atoms with E-state index in [1.165, 1.54) is 6.26 Å². The van der Waals surface area contributed by atoms with E-state index in [9.17, 15) is 9.59 Å². The van der Waals surface area contributed by atoms with Crippen LogP contribution in [0.5, 0.6) is 5.75 Å². The minimum atomic E-state index is -0.371. The number of nitrogens with one attached hydrogen (secondary N) is 1. The average molecular weight is 389 g/mol. The third-order valence-corrected chi connectivity index (χ3v) is 4.46. The standard InChI is InChI=1S/C23H19NO5/c1-15-8-10-16(11-9-15)22-23(21(26)18-6-2-3-7-19(18)29-22)28-14-20(25)24-13-17-5-4-12-27-17/h2-12H,13-14H2,1H3,(H,24,25). The zero-order chi connectivity index (χ0) is 20.2. The van der Waals surface area contributed by atoms with E-state index in [4.69, 9.17) is 13.6 Å². The van der Waals surface area contributed by atoms with Crippen molar-refractivity contribution in [1.82, 2.24) is 5.32 Å². The molecule has 4 aromatic rings. The highest BCUT2D eigenvalue weighted by Gasteiger charge is 2.18. The van der Waals surface area contributed by atoms with Crippen LogP contribution in [0.4, 0.5) is 0 Å². The first kappa shape index (κ1) is 18.6. The maximum Gasteiger partial charge on any atom is 0.258 e. The molecule has 0 aliphatic rings. The topological polar surface area (TPSA) is 81.7 Å². The summed E-state index contributed by atoms with van der Waals surface area (Å²) in [4.78, 5) is 25.2. The number of carbonyl (C=O) groups excluding carboxylic acids is 1. The van der Waals surface area contributed by atoms with Gasteiger partial charge in [0.2, 0.25) is 11.2 Å². The molecule has 6 heteroatoms. The van der Waals surface area contributed by atoms with Crippen LogP contribution < -0.4 is 15.5 Å². The van der Waals surface area contributed by atoms with Crippen LogP contribution in [0.2, 0.25) is 0 Å². The Morgan fingerprint density at radius 1 is 1.03 bits per heavy atom. The molecule has 0 spiro atoms. The molecule has 0 aliphatic heterocycles. The minimum Gasteiger partial charge on any atom is -0.476 e. The number of ether oxygens (including phenoxy) is 1. The highest BCUT2D eigenvalue weighted by molar-refractivity contribution is 5.82.